The number of ether oxygens (including phenoxy) is 1. The van der Waals surface area contributed by atoms with E-state index in [1.165, 1.54) is 0 Å². The molecule has 0 unspecified atom stereocenters. The van der Waals surface area contributed by atoms with Crippen molar-refractivity contribution in [2.75, 3.05) is 0 Å². The average Bonchev–Trinajstić information content (AvgIpc) is 2.53. The second kappa shape index (κ2) is 7.98. The van der Waals surface area contributed by atoms with Crippen molar-refractivity contribution in [3.8, 4) is 5.75 Å². The highest BCUT2D eigenvalue weighted by molar-refractivity contribution is 5.78. The van der Waals surface area contributed by atoms with E-state index in [0.29, 0.717) is 6.61 Å². The summed E-state index contributed by atoms with van der Waals surface area (Å²) in [6.45, 7) is 0.478. The third-order valence-corrected chi connectivity index (χ3v) is 3.49. The van der Waals surface area contributed by atoms with Gasteiger partial charge in [-0.1, -0.05) is 42.5 Å². The molecule has 0 atom stereocenters. The average molecular weight is 312 g/mol. The Balaban J connectivity index is 2.01. The summed E-state index contributed by atoms with van der Waals surface area (Å²) in [5.74, 6) is -0.496. The Bertz CT molecular complexity index is 638. The standard InChI is InChI=1S/C18H20N2O3/c19-17(21)10-15(11-18(20)22)14-6-8-16(9-7-14)23-12-13-4-2-1-3-5-13/h1-9,15H,10-12H2,(H2,19,21)(H2,20,22). The van der Waals surface area contributed by atoms with Crippen LogP contribution in [0.4, 0.5) is 0 Å². The van der Waals surface area contributed by atoms with Crippen LogP contribution in [0, 0.1) is 0 Å². The SMILES string of the molecule is NC(=O)CC(CC(N)=O)c1ccc(OCc2ccccc2)cc1. The van der Waals surface area contributed by atoms with Gasteiger partial charge in [0.05, 0.1) is 0 Å². The Morgan fingerprint density at radius 1 is 0.870 bits per heavy atom. The molecule has 0 heterocycles. The highest BCUT2D eigenvalue weighted by Gasteiger charge is 2.17. The van der Waals surface area contributed by atoms with Gasteiger partial charge in [0.1, 0.15) is 12.4 Å². The first-order valence-corrected chi connectivity index (χ1v) is 7.38. The lowest BCUT2D eigenvalue weighted by atomic mass is 9.92. The Kier molecular flexibility index (Phi) is 5.74. The van der Waals surface area contributed by atoms with Crippen LogP contribution in [0.1, 0.15) is 29.9 Å². The number of carbonyl (C=O) groups is 2. The minimum atomic E-state index is -0.458. The van der Waals surface area contributed by atoms with E-state index in [-0.39, 0.29) is 18.8 Å². The minimum absolute atomic E-state index is 0.0904. The number of amides is 2. The molecule has 2 aromatic carbocycles. The van der Waals surface area contributed by atoms with Gasteiger partial charge in [0, 0.05) is 18.8 Å². The second-order valence-electron chi connectivity index (χ2n) is 5.38. The molecule has 4 N–H and O–H groups in total. The third-order valence-electron chi connectivity index (χ3n) is 3.49. The molecule has 5 nitrogen and oxygen atoms in total. The topological polar surface area (TPSA) is 95.4 Å². The molecule has 0 aromatic heterocycles. The van der Waals surface area contributed by atoms with Gasteiger partial charge in [-0.3, -0.25) is 9.59 Å². The highest BCUT2D eigenvalue weighted by Crippen LogP contribution is 2.25. The van der Waals surface area contributed by atoms with Gasteiger partial charge in [0.2, 0.25) is 11.8 Å². The van der Waals surface area contributed by atoms with Crippen molar-refractivity contribution in [3.63, 3.8) is 0 Å². The summed E-state index contributed by atoms with van der Waals surface area (Å²) in [5, 5.41) is 0. The summed E-state index contributed by atoms with van der Waals surface area (Å²) in [6, 6.07) is 17.1. The zero-order valence-corrected chi connectivity index (χ0v) is 12.8. The van der Waals surface area contributed by atoms with E-state index in [1.807, 2.05) is 54.6 Å². The van der Waals surface area contributed by atoms with Crippen LogP contribution >= 0.6 is 0 Å². The number of rotatable bonds is 8. The van der Waals surface area contributed by atoms with Gasteiger partial charge in [0.15, 0.2) is 0 Å². The minimum Gasteiger partial charge on any atom is -0.489 e. The van der Waals surface area contributed by atoms with E-state index in [0.717, 1.165) is 16.9 Å². The Hall–Kier alpha value is -2.82. The van der Waals surface area contributed by atoms with Crippen molar-refractivity contribution in [1.29, 1.82) is 0 Å². The lowest BCUT2D eigenvalue weighted by Crippen LogP contribution is -2.20. The maximum absolute atomic E-state index is 11.1. The molecule has 0 saturated carbocycles. The zero-order chi connectivity index (χ0) is 16.7. The molecule has 0 saturated heterocycles. The van der Waals surface area contributed by atoms with E-state index in [4.69, 9.17) is 16.2 Å². The van der Waals surface area contributed by atoms with E-state index in [9.17, 15) is 9.59 Å². The predicted molar refractivity (Wildman–Crippen MR) is 87.6 cm³/mol. The molecule has 0 bridgehead atoms. The maximum Gasteiger partial charge on any atom is 0.218 e. The van der Waals surface area contributed by atoms with Crippen molar-refractivity contribution in [1.82, 2.24) is 0 Å². The molecule has 120 valence electrons. The van der Waals surface area contributed by atoms with Crippen LogP contribution in [-0.2, 0) is 16.2 Å². The van der Waals surface area contributed by atoms with E-state index < -0.39 is 11.8 Å². The fourth-order valence-corrected chi connectivity index (χ4v) is 2.37. The smallest absolute Gasteiger partial charge is 0.218 e. The van der Waals surface area contributed by atoms with Crippen molar-refractivity contribution < 1.29 is 14.3 Å². The van der Waals surface area contributed by atoms with Crippen molar-refractivity contribution in [3.05, 3.63) is 65.7 Å². The molecule has 0 spiro atoms. The highest BCUT2D eigenvalue weighted by atomic mass is 16.5. The Morgan fingerprint density at radius 2 is 1.43 bits per heavy atom. The first-order chi connectivity index (χ1) is 11.0. The lowest BCUT2D eigenvalue weighted by Gasteiger charge is -2.14. The molecule has 0 radical (unpaired) electrons. The van der Waals surface area contributed by atoms with Gasteiger partial charge in [-0.05, 0) is 23.3 Å². The molecule has 0 aliphatic heterocycles. The number of benzene rings is 2. The molecule has 23 heavy (non-hydrogen) atoms. The first-order valence-electron chi connectivity index (χ1n) is 7.38. The van der Waals surface area contributed by atoms with Gasteiger partial charge in [-0.25, -0.2) is 0 Å². The van der Waals surface area contributed by atoms with Crippen molar-refractivity contribution in [2.45, 2.75) is 25.4 Å². The number of carbonyl (C=O) groups excluding carboxylic acids is 2. The summed E-state index contributed by atoms with van der Waals surface area (Å²) in [7, 11) is 0. The molecule has 2 aromatic rings. The Morgan fingerprint density at radius 3 is 1.96 bits per heavy atom. The van der Waals surface area contributed by atoms with Crippen LogP contribution < -0.4 is 16.2 Å². The fraction of sp³-hybridized carbons (Fsp3) is 0.222. The number of hydrogen-bond donors (Lipinski definition) is 2. The van der Waals surface area contributed by atoms with E-state index in [2.05, 4.69) is 0 Å². The van der Waals surface area contributed by atoms with Crippen molar-refractivity contribution >= 4 is 11.8 Å². The predicted octanol–water partition coefficient (Wildman–Crippen LogP) is 2.10. The second-order valence-corrected chi connectivity index (χ2v) is 5.38. The fourth-order valence-electron chi connectivity index (χ4n) is 2.37. The third kappa shape index (κ3) is 5.47. The van der Waals surface area contributed by atoms with Crippen LogP contribution in [0.3, 0.4) is 0 Å². The summed E-state index contributed by atoms with van der Waals surface area (Å²) in [6.07, 6.45) is 0.181. The van der Waals surface area contributed by atoms with Gasteiger partial charge >= 0.3 is 0 Å². The normalized spacial score (nSPS) is 10.5. The van der Waals surface area contributed by atoms with Crippen LogP contribution in [0.25, 0.3) is 0 Å². The monoisotopic (exact) mass is 312 g/mol. The van der Waals surface area contributed by atoms with Crippen LogP contribution in [-0.4, -0.2) is 11.8 Å². The lowest BCUT2D eigenvalue weighted by molar-refractivity contribution is -0.119. The van der Waals surface area contributed by atoms with Gasteiger partial charge in [0.25, 0.3) is 0 Å². The summed E-state index contributed by atoms with van der Waals surface area (Å²) >= 11 is 0. The van der Waals surface area contributed by atoms with Crippen LogP contribution in [0.15, 0.2) is 54.6 Å². The van der Waals surface area contributed by atoms with E-state index in [1.54, 1.807) is 0 Å². The number of primary amides is 2. The van der Waals surface area contributed by atoms with Gasteiger partial charge in [-0.15, -0.1) is 0 Å². The quantitative estimate of drug-likeness (QED) is 0.781. The molecule has 5 heteroatoms. The molecular weight excluding hydrogens is 292 g/mol. The molecule has 2 amide bonds. The largest absolute Gasteiger partial charge is 0.489 e. The van der Waals surface area contributed by atoms with Crippen molar-refractivity contribution in [2.24, 2.45) is 11.5 Å². The Labute approximate surface area is 135 Å². The molecular formula is C18H20N2O3. The molecule has 0 fully saturated rings. The molecule has 0 aliphatic carbocycles. The number of hydrogen-bond acceptors (Lipinski definition) is 3. The van der Waals surface area contributed by atoms with Gasteiger partial charge in [-0.2, -0.15) is 0 Å². The molecule has 2 rings (SSSR count). The summed E-state index contributed by atoms with van der Waals surface area (Å²) < 4.78 is 5.71. The summed E-state index contributed by atoms with van der Waals surface area (Å²) in [5.41, 5.74) is 12.4. The number of nitrogens with two attached hydrogens (primary N) is 2. The molecule has 0 aliphatic rings. The maximum atomic E-state index is 11.1. The van der Waals surface area contributed by atoms with Crippen LogP contribution in [0.5, 0.6) is 5.75 Å². The summed E-state index contributed by atoms with van der Waals surface area (Å²) in [4.78, 5) is 22.3. The van der Waals surface area contributed by atoms with E-state index >= 15 is 0 Å². The first kappa shape index (κ1) is 16.5. The van der Waals surface area contributed by atoms with Crippen LogP contribution in [0.2, 0.25) is 0 Å². The zero-order valence-electron chi connectivity index (χ0n) is 12.8. The van der Waals surface area contributed by atoms with Gasteiger partial charge < -0.3 is 16.2 Å².